The third kappa shape index (κ3) is 5.01. The number of nitrogens with one attached hydrogen (secondary N) is 2. The minimum Gasteiger partial charge on any atom is -0.480 e. The molecule has 33 heavy (non-hydrogen) atoms. The van der Waals surface area contributed by atoms with E-state index in [2.05, 4.69) is 22.8 Å². The molecule has 0 spiro atoms. The van der Waals surface area contributed by atoms with E-state index in [4.69, 9.17) is 14.9 Å². The Balaban J connectivity index is 1.37. The van der Waals surface area contributed by atoms with Crippen LogP contribution in [0.3, 0.4) is 0 Å². The van der Waals surface area contributed by atoms with Gasteiger partial charge in [-0.25, -0.2) is 9.59 Å². The molecule has 2 aliphatic rings. The van der Waals surface area contributed by atoms with Crippen LogP contribution in [0, 0.1) is 5.92 Å². The highest BCUT2D eigenvalue weighted by Gasteiger charge is 2.33. The fourth-order valence-corrected chi connectivity index (χ4v) is 4.61. The van der Waals surface area contributed by atoms with E-state index in [1.54, 1.807) is 0 Å². The van der Waals surface area contributed by atoms with E-state index in [0.717, 1.165) is 41.5 Å². The lowest BCUT2D eigenvalue weighted by molar-refractivity contribution is -0.143. The second kappa shape index (κ2) is 10.0. The Bertz CT molecular complexity index is 990. The van der Waals surface area contributed by atoms with Gasteiger partial charge in [0, 0.05) is 18.4 Å². The maximum Gasteiger partial charge on any atom is 0.407 e. The van der Waals surface area contributed by atoms with Gasteiger partial charge >= 0.3 is 12.1 Å². The van der Waals surface area contributed by atoms with E-state index in [0.29, 0.717) is 0 Å². The summed E-state index contributed by atoms with van der Waals surface area (Å²) < 4.78 is 5.60. The number of benzene rings is 2. The van der Waals surface area contributed by atoms with E-state index in [1.165, 1.54) is 0 Å². The minimum absolute atomic E-state index is 0.0607. The van der Waals surface area contributed by atoms with E-state index in [9.17, 15) is 14.4 Å². The fourth-order valence-electron chi connectivity index (χ4n) is 4.61. The Morgan fingerprint density at radius 2 is 1.58 bits per heavy atom. The summed E-state index contributed by atoms with van der Waals surface area (Å²) in [6.07, 6.45) is 2.11. The standard InChI is InChI=1S/C25H28N2O6/c28-13-22(24(30)31)26-23(29)12-21(15-6-5-7-15)27-25(32)33-14-20-18-10-3-1-8-16(18)17-9-2-4-11-19(17)20/h1-4,8-11,15,20-22,28H,5-7,12-14H2,(H,26,29)(H,27,32)(H,30,31)/t21?,22-/m1/s1. The molecule has 1 fully saturated rings. The van der Waals surface area contributed by atoms with Crippen LogP contribution in [0.4, 0.5) is 4.79 Å². The molecule has 174 valence electrons. The first-order valence-electron chi connectivity index (χ1n) is 11.2. The Hall–Kier alpha value is -3.39. The maximum atomic E-state index is 12.6. The van der Waals surface area contributed by atoms with Gasteiger partial charge in [-0.2, -0.15) is 0 Å². The second-order valence-corrected chi connectivity index (χ2v) is 8.61. The molecule has 8 nitrogen and oxygen atoms in total. The van der Waals surface area contributed by atoms with E-state index in [1.807, 2.05) is 36.4 Å². The Labute approximate surface area is 192 Å². The van der Waals surface area contributed by atoms with E-state index in [-0.39, 0.29) is 24.9 Å². The highest BCUT2D eigenvalue weighted by atomic mass is 16.5. The van der Waals surface area contributed by atoms with Crippen molar-refractivity contribution in [2.24, 2.45) is 5.92 Å². The average Bonchev–Trinajstić information content (AvgIpc) is 3.08. The van der Waals surface area contributed by atoms with Crippen molar-refractivity contribution in [1.29, 1.82) is 0 Å². The zero-order chi connectivity index (χ0) is 23.4. The summed E-state index contributed by atoms with van der Waals surface area (Å²) in [6, 6.07) is 14.3. The van der Waals surface area contributed by atoms with Gasteiger partial charge in [0.2, 0.25) is 5.91 Å². The number of ether oxygens (including phenoxy) is 1. The molecule has 2 aromatic rings. The van der Waals surface area contributed by atoms with Crippen molar-refractivity contribution in [3.8, 4) is 11.1 Å². The van der Waals surface area contributed by atoms with Crippen molar-refractivity contribution >= 4 is 18.0 Å². The van der Waals surface area contributed by atoms with Gasteiger partial charge in [0.1, 0.15) is 12.6 Å². The molecule has 2 aromatic carbocycles. The van der Waals surface area contributed by atoms with Crippen molar-refractivity contribution in [2.45, 2.75) is 43.7 Å². The first kappa shape index (κ1) is 22.8. The summed E-state index contributed by atoms with van der Waals surface area (Å²) in [4.78, 5) is 36.0. The number of alkyl carbamates (subject to hydrolysis) is 1. The van der Waals surface area contributed by atoms with E-state index >= 15 is 0 Å². The number of fused-ring (bicyclic) bond motifs is 3. The number of carboxylic acid groups (broad SMARTS) is 1. The van der Waals surface area contributed by atoms with Gasteiger partial charge in [-0.3, -0.25) is 4.79 Å². The topological polar surface area (TPSA) is 125 Å². The Morgan fingerprint density at radius 1 is 0.970 bits per heavy atom. The van der Waals surface area contributed by atoms with Crippen molar-refractivity contribution < 1.29 is 29.3 Å². The molecular weight excluding hydrogens is 424 g/mol. The molecule has 0 bridgehead atoms. The van der Waals surface area contributed by atoms with Crippen molar-refractivity contribution in [3.63, 3.8) is 0 Å². The number of carbonyl (C=O) groups excluding carboxylic acids is 2. The van der Waals surface area contributed by atoms with Crippen LogP contribution >= 0.6 is 0 Å². The smallest absolute Gasteiger partial charge is 0.407 e. The van der Waals surface area contributed by atoms with E-state index < -0.39 is 36.7 Å². The van der Waals surface area contributed by atoms with Crippen LogP contribution in [0.25, 0.3) is 11.1 Å². The highest BCUT2D eigenvalue weighted by molar-refractivity contribution is 5.84. The van der Waals surface area contributed by atoms with Crippen LogP contribution < -0.4 is 10.6 Å². The predicted octanol–water partition coefficient (Wildman–Crippen LogP) is 2.65. The van der Waals surface area contributed by atoms with Crippen LogP contribution in [-0.2, 0) is 14.3 Å². The van der Waals surface area contributed by atoms with Gasteiger partial charge < -0.3 is 25.6 Å². The molecule has 0 heterocycles. The fraction of sp³-hybridized carbons (Fsp3) is 0.400. The third-order valence-corrected chi connectivity index (χ3v) is 6.59. The number of carboxylic acids is 1. The molecule has 0 aromatic heterocycles. The van der Waals surface area contributed by atoms with Crippen molar-refractivity contribution in [2.75, 3.05) is 13.2 Å². The molecule has 0 saturated heterocycles. The molecule has 8 heteroatoms. The summed E-state index contributed by atoms with van der Waals surface area (Å²) in [7, 11) is 0. The number of aliphatic hydroxyl groups excluding tert-OH is 1. The van der Waals surface area contributed by atoms with Crippen molar-refractivity contribution in [1.82, 2.24) is 10.6 Å². The largest absolute Gasteiger partial charge is 0.480 e. The third-order valence-electron chi connectivity index (χ3n) is 6.59. The van der Waals surface area contributed by atoms with Gasteiger partial charge in [0.05, 0.1) is 6.61 Å². The first-order chi connectivity index (χ1) is 16.0. The van der Waals surface area contributed by atoms with Crippen LogP contribution in [-0.4, -0.2) is 53.5 Å². The SMILES string of the molecule is O=C(CC(NC(=O)OCC1c2ccccc2-c2ccccc21)C1CCC1)N[C@H](CO)C(=O)O. The Kier molecular flexibility index (Phi) is 6.93. The van der Waals surface area contributed by atoms with Gasteiger partial charge in [-0.05, 0) is 41.0 Å². The molecule has 2 atom stereocenters. The average molecular weight is 453 g/mol. The molecule has 1 saturated carbocycles. The number of hydrogen-bond acceptors (Lipinski definition) is 5. The molecule has 0 radical (unpaired) electrons. The Morgan fingerprint density at radius 3 is 2.09 bits per heavy atom. The van der Waals surface area contributed by atoms with Gasteiger partial charge in [-0.1, -0.05) is 55.0 Å². The first-order valence-corrected chi connectivity index (χ1v) is 11.2. The number of hydrogen-bond donors (Lipinski definition) is 4. The lowest BCUT2D eigenvalue weighted by Crippen LogP contribution is -2.49. The molecule has 2 aliphatic carbocycles. The summed E-state index contributed by atoms with van der Waals surface area (Å²) in [5, 5.41) is 23.2. The zero-order valence-corrected chi connectivity index (χ0v) is 18.2. The monoisotopic (exact) mass is 452 g/mol. The number of amides is 2. The maximum absolute atomic E-state index is 12.6. The summed E-state index contributed by atoms with van der Waals surface area (Å²) >= 11 is 0. The number of rotatable bonds is 9. The molecule has 1 unspecified atom stereocenters. The van der Waals surface area contributed by atoms with Gasteiger partial charge in [0.15, 0.2) is 0 Å². The molecule has 2 amide bonds. The van der Waals surface area contributed by atoms with Crippen LogP contribution in [0.2, 0.25) is 0 Å². The molecular formula is C25H28N2O6. The summed E-state index contributed by atoms with van der Waals surface area (Å²) in [5.74, 6) is -1.77. The van der Waals surface area contributed by atoms with Gasteiger partial charge in [0.25, 0.3) is 0 Å². The quantitative estimate of drug-likeness (QED) is 0.464. The predicted molar refractivity (Wildman–Crippen MR) is 121 cm³/mol. The molecule has 4 rings (SSSR count). The molecule has 4 N–H and O–H groups in total. The van der Waals surface area contributed by atoms with Gasteiger partial charge in [-0.15, -0.1) is 0 Å². The summed E-state index contributed by atoms with van der Waals surface area (Å²) in [6.45, 7) is -0.524. The zero-order valence-electron chi connectivity index (χ0n) is 18.2. The van der Waals surface area contributed by atoms with Crippen LogP contribution in [0.1, 0.15) is 42.7 Å². The lowest BCUT2D eigenvalue weighted by atomic mass is 9.78. The summed E-state index contributed by atoms with van der Waals surface area (Å²) in [5.41, 5.74) is 4.52. The second-order valence-electron chi connectivity index (χ2n) is 8.61. The van der Waals surface area contributed by atoms with Crippen molar-refractivity contribution in [3.05, 3.63) is 59.7 Å². The number of aliphatic hydroxyl groups is 1. The number of carbonyl (C=O) groups is 3. The molecule has 0 aliphatic heterocycles. The minimum atomic E-state index is -1.37. The number of aliphatic carboxylic acids is 1. The van der Waals surface area contributed by atoms with Crippen LogP contribution in [0.5, 0.6) is 0 Å². The lowest BCUT2D eigenvalue weighted by Gasteiger charge is -2.34. The highest BCUT2D eigenvalue weighted by Crippen LogP contribution is 2.44. The normalized spacial score (nSPS) is 16.6. The van der Waals surface area contributed by atoms with Crippen LogP contribution in [0.15, 0.2) is 48.5 Å².